The summed E-state index contributed by atoms with van der Waals surface area (Å²) in [6.45, 7) is 5.61. The average Bonchev–Trinajstić information content (AvgIpc) is 2.59. The Morgan fingerprint density at radius 2 is 1.46 bits per heavy atom. The first-order valence-electron chi connectivity index (χ1n) is 8.42. The van der Waals surface area contributed by atoms with Gasteiger partial charge < -0.3 is 5.32 Å². The van der Waals surface area contributed by atoms with Gasteiger partial charge in [0.25, 0.3) is 5.91 Å². The van der Waals surface area contributed by atoms with E-state index >= 15 is 0 Å². The summed E-state index contributed by atoms with van der Waals surface area (Å²) < 4.78 is 24.6. The molecule has 0 radical (unpaired) electrons. The summed E-state index contributed by atoms with van der Waals surface area (Å²) in [5, 5.41) is 2.77. The van der Waals surface area contributed by atoms with Crippen LogP contribution in [0.1, 0.15) is 46.5 Å². The molecule has 0 aliphatic rings. The van der Waals surface area contributed by atoms with Crippen molar-refractivity contribution in [1.82, 2.24) is 5.32 Å². The lowest BCUT2D eigenvalue weighted by Crippen LogP contribution is -2.30. The number of rotatable bonds is 7. The van der Waals surface area contributed by atoms with Crippen molar-refractivity contribution in [3.8, 4) is 0 Å². The maximum absolute atomic E-state index is 12.3. The van der Waals surface area contributed by atoms with Gasteiger partial charge >= 0.3 is 0 Å². The molecule has 5 nitrogen and oxygen atoms in total. The third kappa shape index (κ3) is 5.26. The number of carbonyl (C=O) groups excluding carboxylic acids is 2. The van der Waals surface area contributed by atoms with Crippen molar-refractivity contribution >= 4 is 21.5 Å². The number of Topliss-reactive ketones (excluding diaryl/α,β-unsaturated/α-hetero) is 1. The van der Waals surface area contributed by atoms with Crippen LogP contribution in [0.2, 0.25) is 0 Å². The maximum atomic E-state index is 12.3. The summed E-state index contributed by atoms with van der Waals surface area (Å²) >= 11 is 0. The first-order valence-corrected chi connectivity index (χ1v) is 10.1. The molecule has 0 bridgehead atoms. The van der Waals surface area contributed by atoms with Crippen LogP contribution in [0.3, 0.4) is 0 Å². The van der Waals surface area contributed by atoms with Crippen molar-refractivity contribution in [2.24, 2.45) is 0 Å². The minimum Gasteiger partial charge on any atom is -0.350 e. The zero-order chi connectivity index (χ0) is 19.3. The van der Waals surface area contributed by atoms with Gasteiger partial charge in [-0.15, -0.1) is 0 Å². The van der Waals surface area contributed by atoms with E-state index in [1.54, 1.807) is 48.5 Å². The predicted octanol–water partition coefficient (Wildman–Crippen LogP) is 3.18. The fourth-order valence-electron chi connectivity index (χ4n) is 2.39. The molecule has 1 N–H and O–H groups in total. The second kappa shape index (κ2) is 8.27. The van der Waals surface area contributed by atoms with Gasteiger partial charge in [0.1, 0.15) is 0 Å². The summed E-state index contributed by atoms with van der Waals surface area (Å²) in [4.78, 5) is 24.4. The van der Waals surface area contributed by atoms with Crippen LogP contribution < -0.4 is 5.32 Å². The summed E-state index contributed by atoms with van der Waals surface area (Å²) in [6, 6.07) is 12.8. The van der Waals surface area contributed by atoms with E-state index in [-0.39, 0.29) is 34.8 Å². The molecule has 0 saturated carbocycles. The summed E-state index contributed by atoms with van der Waals surface area (Å²) in [7, 11) is -3.50. The topological polar surface area (TPSA) is 80.3 Å². The van der Waals surface area contributed by atoms with Gasteiger partial charge in [-0.1, -0.05) is 29.8 Å². The maximum Gasteiger partial charge on any atom is 0.251 e. The molecule has 0 fully saturated rings. The van der Waals surface area contributed by atoms with Crippen LogP contribution in [0.25, 0.3) is 0 Å². The molecule has 2 rings (SSSR count). The Bertz CT molecular complexity index is 882. The Hall–Kier alpha value is -2.47. The van der Waals surface area contributed by atoms with Gasteiger partial charge in [-0.2, -0.15) is 0 Å². The number of ketones is 1. The van der Waals surface area contributed by atoms with E-state index in [0.717, 1.165) is 5.56 Å². The molecule has 0 unspecified atom stereocenters. The van der Waals surface area contributed by atoms with Crippen molar-refractivity contribution in [1.29, 1.82) is 0 Å². The van der Waals surface area contributed by atoms with Crippen LogP contribution in [0.4, 0.5) is 0 Å². The van der Waals surface area contributed by atoms with Gasteiger partial charge in [0.15, 0.2) is 15.6 Å². The molecule has 1 amide bonds. The quantitative estimate of drug-likeness (QED) is 0.756. The highest BCUT2D eigenvalue weighted by Crippen LogP contribution is 2.15. The molecule has 0 saturated heterocycles. The van der Waals surface area contributed by atoms with Crippen molar-refractivity contribution < 1.29 is 18.0 Å². The molecule has 2 aromatic carbocycles. The minimum absolute atomic E-state index is 0.0239. The summed E-state index contributed by atoms with van der Waals surface area (Å²) in [6.07, 6.45) is -0.103. The number of carbonyl (C=O) groups is 2. The van der Waals surface area contributed by atoms with Crippen molar-refractivity contribution in [2.45, 2.75) is 38.1 Å². The van der Waals surface area contributed by atoms with E-state index in [2.05, 4.69) is 5.32 Å². The highest BCUT2D eigenvalue weighted by Gasteiger charge is 2.17. The monoisotopic (exact) mass is 373 g/mol. The van der Waals surface area contributed by atoms with Gasteiger partial charge in [0, 0.05) is 23.6 Å². The SMILES string of the molecule is Cc1ccc(S(=O)(=O)CCC(=O)c2ccc(C(=O)NC(C)C)cc2)cc1. The average molecular weight is 373 g/mol. The van der Waals surface area contributed by atoms with E-state index in [1.807, 2.05) is 20.8 Å². The second-order valence-electron chi connectivity index (χ2n) is 6.51. The Balaban J connectivity index is 2.01. The van der Waals surface area contributed by atoms with Crippen LogP contribution in [0.5, 0.6) is 0 Å². The molecular formula is C20H23NO4S. The van der Waals surface area contributed by atoms with Crippen molar-refractivity contribution in [2.75, 3.05) is 5.75 Å². The Morgan fingerprint density at radius 3 is 2.00 bits per heavy atom. The Morgan fingerprint density at radius 1 is 0.923 bits per heavy atom. The van der Waals surface area contributed by atoms with E-state index in [9.17, 15) is 18.0 Å². The standard InChI is InChI=1S/C20H23NO4S/c1-14(2)21-20(23)17-8-6-16(7-9-17)19(22)12-13-26(24,25)18-10-4-15(3)5-11-18/h4-11,14H,12-13H2,1-3H3,(H,21,23). The predicted molar refractivity (Wildman–Crippen MR) is 101 cm³/mol. The zero-order valence-electron chi connectivity index (χ0n) is 15.2. The van der Waals surface area contributed by atoms with Gasteiger partial charge in [0.2, 0.25) is 0 Å². The number of benzene rings is 2. The third-order valence-corrected chi connectivity index (χ3v) is 5.60. The van der Waals surface area contributed by atoms with Gasteiger partial charge in [0.05, 0.1) is 10.6 Å². The molecular weight excluding hydrogens is 350 g/mol. The Kier molecular flexibility index (Phi) is 6.32. The van der Waals surface area contributed by atoms with E-state index < -0.39 is 9.84 Å². The minimum atomic E-state index is -3.50. The summed E-state index contributed by atoms with van der Waals surface area (Å²) in [5.41, 5.74) is 1.83. The molecule has 0 heterocycles. The molecule has 26 heavy (non-hydrogen) atoms. The highest BCUT2D eigenvalue weighted by atomic mass is 32.2. The lowest BCUT2D eigenvalue weighted by molar-refractivity contribution is 0.0940. The lowest BCUT2D eigenvalue weighted by atomic mass is 10.1. The van der Waals surface area contributed by atoms with Crippen LogP contribution in [0.15, 0.2) is 53.4 Å². The first-order chi connectivity index (χ1) is 12.2. The van der Waals surface area contributed by atoms with E-state index in [4.69, 9.17) is 0 Å². The largest absolute Gasteiger partial charge is 0.350 e. The molecule has 0 spiro atoms. The second-order valence-corrected chi connectivity index (χ2v) is 8.62. The molecule has 0 aliphatic heterocycles. The van der Waals surface area contributed by atoms with Gasteiger partial charge in [-0.25, -0.2) is 8.42 Å². The Labute approximate surface area is 154 Å². The lowest BCUT2D eigenvalue weighted by Gasteiger charge is -2.09. The number of amides is 1. The number of sulfone groups is 1. The van der Waals surface area contributed by atoms with Gasteiger partial charge in [-0.3, -0.25) is 9.59 Å². The third-order valence-electron chi connectivity index (χ3n) is 3.87. The fourth-order valence-corrected chi connectivity index (χ4v) is 3.63. The number of aryl methyl sites for hydroxylation is 1. The van der Waals surface area contributed by atoms with E-state index in [0.29, 0.717) is 11.1 Å². The fraction of sp³-hybridized carbons (Fsp3) is 0.300. The first kappa shape index (κ1) is 19.8. The van der Waals surface area contributed by atoms with Crippen LogP contribution in [-0.2, 0) is 9.84 Å². The molecule has 6 heteroatoms. The molecule has 0 atom stereocenters. The number of nitrogens with one attached hydrogen (secondary N) is 1. The van der Waals surface area contributed by atoms with Crippen molar-refractivity contribution in [3.05, 3.63) is 65.2 Å². The molecule has 2 aromatic rings. The highest BCUT2D eigenvalue weighted by molar-refractivity contribution is 7.91. The normalized spacial score (nSPS) is 11.4. The molecule has 0 aliphatic carbocycles. The van der Waals surface area contributed by atoms with Crippen LogP contribution in [0, 0.1) is 6.92 Å². The van der Waals surface area contributed by atoms with Crippen LogP contribution in [-0.4, -0.2) is 31.9 Å². The van der Waals surface area contributed by atoms with Gasteiger partial charge in [-0.05, 0) is 45.0 Å². The molecule has 0 aromatic heterocycles. The van der Waals surface area contributed by atoms with E-state index in [1.165, 1.54) is 0 Å². The van der Waals surface area contributed by atoms with Crippen LogP contribution >= 0.6 is 0 Å². The zero-order valence-corrected chi connectivity index (χ0v) is 16.0. The van der Waals surface area contributed by atoms with Crippen molar-refractivity contribution in [3.63, 3.8) is 0 Å². The molecule has 138 valence electrons. The smallest absolute Gasteiger partial charge is 0.251 e. The summed E-state index contributed by atoms with van der Waals surface area (Å²) in [5.74, 6) is -0.720. The number of hydrogen-bond donors (Lipinski definition) is 1. The number of hydrogen-bond acceptors (Lipinski definition) is 4.